The first-order chi connectivity index (χ1) is 21.8. The van der Waals surface area contributed by atoms with Crippen LogP contribution in [0.15, 0.2) is 169 Å². The number of fused-ring (bicyclic) bond motifs is 3. The Hall–Kier alpha value is -5.86. The first-order valence-corrected chi connectivity index (χ1v) is 14.9. The van der Waals surface area contributed by atoms with Crippen LogP contribution >= 0.6 is 0 Å². The molecule has 44 heavy (non-hydrogen) atoms. The second-order valence-corrected chi connectivity index (χ2v) is 11.1. The normalized spacial score (nSPS) is 11.5. The summed E-state index contributed by atoms with van der Waals surface area (Å²) in [6.07, 6.45) is 3.68. The molecule has 0 aliphatic heterocycles. The monoisotopic (exact) mass is 560 g/mol. The van der Waals surface area contributed by atoms with Gasteiger partial charge in [-0.2, -0.15) is 0 Å². The maximum absolute atomic E-state index is 5.19. The molecule has 2 heteroatoms. The van der Waals surface area contributed by atoms with Crippen molar-refractivity contribution in [2.75, 3.05) is 0 Å². The van der Waals surface area contributed by atoms with Gasteiger partial charge in [-0.15, -0.1) is 0 Å². The molecule has 0 bridgehead atoms. The van der Waals surface area contributed by atoms with Gasteiger partial charge < -0.3 is 0 Å². The number of aromatic nitrogens is 1. The molecule has 0 saturated heterocycles. The Morgan fingerprint density at radius 1 is 0.386 bits per heavy atom. The first kappa shape index (κ1) is 25.8. The number of pyridine rings is 1. The van der Waals surface area contributed by atoms with Gasteiger partial charge in [0.25, 0.3) is 0 Å². The predicted octanol–water partition coefficient (Wildman–Crippen LogP) is 11.3. The van der Waals surface area contributed by atoms with E-state index in [9.17, 15) is 0 Å². The molecule has 7 aromatic carbocycles. The Balaban J connectivity index is 1.42. The average molecular weight is 561 g/mol. The molecule has 0 aliphatic carbocycles. The zero-order chi connectivity index (χ0) is 29.3. The fraction of sp³-hybridized carbons (Fsp3) is 0. The van der Waals surface area contributed by atoms with Crippen LogP contribution in [0.4, 0.5) is 5.69 Å². The van der Waals surface area contributed by atoms with E-state index in [0.717, 1.165) is 39.2 Å². The molecule has 0 saturated carbocycles. The highest BCUT2D eigenvalue weighted by Gasteiger charge is 2.16. The summed E-state index contributed by atoms with van der Waals surface area (Å²) in [6, 6.07) is 56.2. The Morgan fingerprint density at radius 2 is 0.841 bits per heavy atom. The second-order valence-electron chi connectivity index (χ2n) is 11.1. The number of rotatable bonds is 5. The van der Waals surface area contributed by atoms with Gasteiger partial charge in [0.15, 0.2) is 0 Å². The molecule has 0 radical (unpaired) electrons. The quantitative estimate of drug-likeness (QED) is 0.192. The van der Waals surface area contributed by atoms with Gasteiger partial charge >= 0.3 is 0 Å². The van der Waals surface area contributed by atoms with Crippen LogP contribution in [-0.4, -0.2) is 11.2 Å². The van der Waals surface area contributed by atoms with Crippen LogP contribution in [0.5, 0.6) is 0 Å². The van der Waals surface area contributed by atoms with Crippen molar-refractivity contribution in [3.8, 4) is 33.4 Å². The van der Waals surface area contributed by atoms with Gasteiger partial charge in [0, 0.05) is 17.3 Å². The molecule has 206 valence electrons. The van der Waals surface area contributed by atoms with Gasteiger partial charge in [0.1, 0.15) is 0 Å². The Bertz CT molecular complexity index is 2230. The van der Waals surface area contributed by atoms with E-state index in [1.165, 1.54) is 37.9 Å². The van der Waals surface area contributed by atoms with Crippen molar-refractivity contribution in [2.45, 2.75) is 0 Å². The largest absolute Gasteiger partial charge is 0.255 e. The highest BCUT2D eigenvalue weighted by Crippen LogP contribution is 2.44. The number of aliphatic imine (C=N–C) groups is 1. The minimum atomic E-state index is 0.819. The minimum absolute atomic E-state index is 0.819. The van der Waals surface area contributed by atoms with Gasteiger partial charge in [0.2, 0.25) is 0 Å². The topological polar surface area (TPSA) is 25.2 Å². The molecule has 0 N–H and O–H groups in total. The van der Waals surface area contributed by atoms with Crippen LogP contribution in [0.2, 0.25) is 0 Å². The molecular formula is C42H28N2. The van der Waals surface area contributed by atoms with E-state index >= 15 is 0 Å². The number of hydrogen-bond acceptors (Lipinski definition) is 2. The zero-order valence-corrected chi connectivity index (χ0v) is 24.1. The summed E-state index contributed by atoms with van der Waals surface area (Å²) in [5, 5.41) is 7.30. The van der Waals surface area contributed by atoms with E-state index in [-0.39, 0.29) is 0 Å². The number of benzene rings is 7. The molecule has 8 rings (SSSR count). The van der Waals surface area contributed by atoms with E-state index < -0.39 is 0 Å². The highest BCUT2D eigenvalue weighted by atomic mass is 14.8. The smallest absolute Gasteiger partial charge is 0.0812 e. The van der Waals surface area contributed by atoms with Crippen molar-refractivity contribution >= 4 is 44.2 Å². The van der Waals surface area contributed by atoms with Gasteiger partial charge in [0.05, 0.1) is 17.6 Å². The van der Waals surface area contributed by atoms with Crippen molar-refractivity contribution in [3.63, 3.8) is 0 Å². The van der Waals surface area contributed by atoms with Crippen LogP contribution in [-0.2, 0) is 0 Å². The van der Waals surface area contributed by atoms with Crippen LogP contribution in [0.1, 0.15) is 5.69 Å². The molecule has 0 fully saturated rings. The molecule has 0 atom stereocenters. The predicted molar refractivity (Wildman–Crippen MR) is 187 cm³/mol. The van der Waals surface area contributed by atoms with Crippen molar-refractivity contribution < 1.29 is 0 Å². The van der Waals surface area contributed by atoms with E-state index in [1.807, 2.05) is 24.4 Å². The molecule has 1 aromatic heterocycles. The summed E-state index contributed by atoms with van der Waals surface area (Å²) in [6.45, 7) is 0. The number of hydrogen-bond donors (Lipinski definition) is 0. The minimum Gasteiger partial charge on any atom is -0.255 e. The maximum Gasteiger partial charge on any atom is 0.0812 e. The molecule has 8 aromatic rings. The van der Waals surface area contributed by atoms with Gasteiger partial charge in [-0.05, 0) is 97.0 Å². The summed E-state index contributed by atoms with van der Waals surface area (Å²) in [4.78, 5) is 9.71. The lowest BCUT2D eigenvalue weighted by Crippen LogP contribution is -1.91. The standard InChI is InChI=1S/C42H28N2/c1-4-12-32-23-35(19-16-29(32)9-1)38-26-40(36-20-17-30-10-2-5-13-33(30)24-36)42(44-28-39-15-7-8-22-43-39)41(27-38)37-21-18-31-11-3-6-14-34(31)25-37/h1-28H. The molecule has 0 spiro atoms. The molecule has 0 amide bonds. The lowest BCUT2D eigenvalue weighted by molar-refractivity contribution is 1.30. The lowest BCUT2D eigenvalue weighted by atomic mass is 9.89. The average Bonchev–Trinajstić information content (AvgIpc) is 3.10. The van der Waals surface area contributed by atoms with Gasteiger partial charge in [-0.1, -0.05) is 115 Å². The van der Waals surface area contributed by atoms with E-state index in [1.54, 1.807) is 6.20 Å². The van der Waals surface area contributed by atoms with E-state index in [2.05, 4.69) is 145 Å². The van der Waals surface area contributed by atoms with Crippen LogP contribution in [0, 0.1) is 0 Å². The molecule has 0 aliphatic rings. The fourth-order valence-electron chi connectivity index (χ4n) is 6.05. The Labute approximate surface area is 256 Å². The van der Waals surface area contributed by atoms with Crippen LogP contribution in [0.25, 0.3) is 65.7 Å². The van der Waals surface area contributed by atoms with Crippen molar-refractivity contribution in [2.24, 2.45) is 4.99 Å². The Kier molecular flexibility index (Phi) is 6.51. The molecule has 1 heterocycles. The fourth-order valence-corrected chi connectivity index (χ4v) is 6.05. The summed E-state index contributed by atoms with van der Waals surface area (Å²) < 4.78 is 0. The van der Waals surface area contributed by atoms with Crippen molar-refractivity contribution in [1.29, 1.82) is 0 Å². The second kappa shape index (κ2) is 11.1. The summed E-state index contributed by atoms with van der Waals surface area (Å²) in [7, 11) is 0. The maximum atomic E-state index is 5.19. The summed E-state index contributed by atoms with van der Waals surface area (Å²) in [5.74, 6) is 0. The van der Waals surface area contributed by atoms with E-state index in [4.69, 9.17) is 4.99 Å². The third-order valence-electron chi connectivity index (χ3n) is 8.33. The summed E-state index contributed by atoms with van der Waals surface area (Å²) >= 11 is 0. The molecular weight excluding hydrogens is 532 g/mol. The van der Waals surface area contributed by atoms with E-state index in [0.29, 0.717) is 0 Å². The molecule has 2 nitrogen and oxygen atoms in total. The SMILES string of the molecule is C(=Nc1c(-c2ccc3ccccc3c2)cc(-c2ccc3ccccc3c2)cc1-c1ccc2ccccc2c1)c1ccccn1. The van der Waals surface area contributed by atoms with Gasteiger partial charge in [-0.3, -0.25) is 9.98 Å². The lowest BCUT2D eigenvalue weighted by Gasteiger charge is -2.17. The van der Waals surface area contributed by atoms with Crippen LogP contribution in [0.3, 0.4) is 0 Å². The third kappa shape index (κ3) is 4.93. The summed E-state index contributed by atoms with van der Waals surface area (Å²) in [5.41, 5.74) is 8.48. The number of nitrogens with zero attached hydrogens (tertiary/aromatic N) is 2. The Morgan fingerprint density at radius 3 is 1.34 bits per heavy atom. The zero-order valence-electron chi connectivity index (χ0n) is 24.1. The van der Waals surface area contributed by atoms with Crippen molar-refractivity contribution in [1.82, 2.24) is 4.98 Å². The first-order valence-electron chi connectivity index (χ1n) is 14.9. The third-order valence-corrected chi connectivity index (χ3v) is 8.33. The van der Waals surface area contributed by atoms with Crippen LogP contribution < -0.4 is 0 Å². The van der Waals surface area contributed by atoms with Crippen molar-refractivity contribution in [3.05, 3.63) is 170 Å². The van der Waals surface area contributed by atoms with Gasteiger partial charge in [-0.25, -0.2) is 0 Å². The molecule has 0 unspecified atom stereocenters. The highest BCUT2D eigenvalue weighted by molar-refractivity contribution is 6.00.